The van der Waals surface area contributed by atoms with Gasteiger partial charge in [0.1, 0.15) is 5.75 Å². The normalized spacial score (nSPS) is 19.7. The maximum Gasteiger partial charge on any atom is 0.338 e. The Morgan fingerprint density at radius 1 is 1.14 bits per heavy atom. The minimum atomic E-state index is -1.14. The van der Waals surface area contributed by atoms with Crippen LogP contribution in [0.1, 0.15) is 12.5 Å². The molecule has 0 amide bonds. The van der Waals surface area contributed by atoms with Gasteiger partial charge in [0.25, 0.3) is 0 Å². The summed E-state index contributed by atoms with van der Waals surface area (Å²) in [5.74, 6) is -0.418. The second kappa shape index (κ2) is 5.47. The molecule has 0 bridgehead atoms. The van der Waals surface area contributed by atoms with E-state index in [4.69, 9.17) is 14.2 Å². The molecule has 1 aromatic rings. The molecule has 1 aliphatic rings. The van der Waals surface area contributed by atoms with E-state index in [1.807, 2.05) is 0 Å². The summed E-state index contributed by atoms with van der Waals surface area (Å²) in [5, 5.41) is 3.07. The molecular formula is C15H17NO5. The quantitative estimate of drug-likeness (QED) is 0.853. The van der Waals surface area contributed by atoms with Crippen molar-refractivity contribution in [1.29, 1.82) is 0 Å². The molecule has 0 spiro atoms. The molecule has 1 N–H and O–H groups in total. The number of methoxy groups -OCH3 is 3. The van der Waals surface area contributed by atoms with Crippen molar-refractivity contribution in [3.05, 3.63) is 29.8 Å². The number of rotatable bonds is 3. The molecule has 0 saturated carbocycles. The topological polar surface area (TPSA) is 73.9 Å². The SMILES string of the molecule is COC(=O)C1=C[C@](C)(C(=O)OC)Nc2ccc(OC)cc21. The van der Waals surface area contributed by atoms with Crippen molar-refractivity contribution in [2.24, 2.45) is 0 Å². The van der Waals surface area contributed by atoms with E-state index in [-0.39, 0.29) is 5.57 Å². The number of nitrogens with one attached hydrogen (secondary N) is 1. The van der Waals surface area contributed by atoms with Gasteiger partial charge >= 0.3 is 11.9 Å². The van der Waals surface area contributed by atoms with E-state index in [1.54, 1.807) is 25.1 Å². The van der Waals surface area contributed by atoms with Crippen LogP contribution in [0.25, 0.3) is 5.57 Å². The van der Waals surface area contributed by atoms with Crippen LogP contribution in [0.4, 0.5) is 5.69 Å². The third-order valence-electron chi connectivity index (χ3n) is 3.36. The Labute approximate surface area is 122 Å². The molecule has 0 aromatic heterocycles. The van der Waals surface area contributed by atoms with Gasteiger partial charge in [0.2, 0.25) is 0 Å². The van der Waals surface area contributed by atoms with Gasteiger partial charge in [-0.3, -0.25) is 0 Å². The third-order valence-corrected chi connectivity index (χ3v) is 3.36. The van der Waals surface area contributed by atoms with Crippen LogP contribution >= 0.6 is 0 Å². The van der Waals surface area contributed by atoms with Gasteiger partial charge in [-0.15, -0.1) is 0 Å². The molecule has 0 unspecified atom stereocenters. The van der Waals surface area contributed by atoms with Crippen LogP contribution in [0.5, 0.6) is 5.75 Å². The summed E-state index contributed by atoms with van der Waals surface area (Å²) in [4.78, 5) is 24.0. The number of carbonyl (C=O) groups is 2. The molecule has 1 aromatic carbocycles. The summed E-state index contributed by atoms with van der Waals surface area (Å²) in [6.07, 6.45) is 1.51. The van der Waals surface area contributed by atoms with E-state index in [2.05, 4.69) is 5.32 Å². The number of carbonyl (C=O) groups excluding carboxylic acids is 2. The lowest BCUT2D eigenvalue weighted by atomic mass is 9.89. The van der Waals surface area contributed by atoms with E-state index in [0.29, 0.717) is 17.0 Å². The molecule has 2 rings (SSSR count). The number of hydrogen-bond donors (Lipinski definition) is 1. The number of benzene rings is 1. The fourth-order valence-corrected chi connectivity index (χ4v) is 2.27. The Bertz CT molecular complexity index is 622. The molecule has 1 atom stereocenters. The number of fused-ring (bicyclic) bond motifs is 1. The second-order valence-electron chi connectivity index (χ2n) is 4.78. The number of anilines is 1. The average molecular weight is 291 g/mol. The summed E-state index contributed by atoms with van der Waals surface area (Å²) in [6, 6.07) is 5.19. The molecule has 0 fully saturated rings. The van der Waals surface area contributed by atoms with Gasteiger partial charge in [-0.05, 0) is 31.2 Å². The fourth-order valence-electron chi connectivity index (χ4n) is 2.27. The lowest BCUT2D eigenvalue weighted by molar-refractivity contribution is -0.143. The zero-order valence-electron chi connectivity index (χ0n) is 12.4. The van der Waals surface area contributed by atoms with E-state index >= 15 is 0 Å². The molecule has 6 heteroatoms. The van der Waals surface area contributed by atoms with Crippen molar-refractivity contribution < 1.29 is 23.8 Å². The van der Waals surface area contributed by atoms with Crippen molar-refractivity contribution in [3.8, 4) is 5.75 Å². The Balaban J connectivity index is 2.60. The predicted octanol–water partition coefficient (Wildman–Crippen LogP) is 1.61. The van der Waals surface area contributed by atoms with E-state index in [0.717, 1.165) is 0 Å². The van der Waals surface area contributed by atoms with Gasteiger partial charge in [-0.1, -0.05) is 0 Å². The van der Waals surface area contributed by atoms with Gasteiger partial charge in [0.15, 0.2) is 5.54 Å². The van der Waals surface area contributed by atoms with Gasteiger partial charge in [-0.2, -0.15) is 0 Å². The highest BCUT2D eigenvalue weighted by Gasteiger charge is 2.38. The summed E-state index contributed by atoms with van der Waals surface area (Å²) in [6.45, 7) is 1.63. The number of ether oxygens (including phenoxy) is 3. The van der Waals surface area contributed by atoms with Crippen LogP contribution in [0.2, 0.25) is 0 Å². The van der Waals surface area contributed by atoms with Crippen LogP contribution in [0, 0.1) is 0 Å². The van der Waals surface area contributed by atoms with Crippen molar-refractivity contribution in [3.63, 3.8) is 0 Å². The van der Waals surface area contributed by atoms with Gasteiger partial charge in [-0.25, -0.2) is 9.59 Å². The van der Waals surface area contributed by atoms with Gasteiger partial charge in [0.05, 0.1) is 26.9 Å². The number of esters is 2. The Morgan fingerprint density at radius 3 is 2.43 bits per heavy atom. The van der Waals surface area contributed by atoms with E-state index < -0.39 is 17.5 Å². The van der Waals surface area contributed by atoms with E-state index in [1.165, 1.54) is 27.4 Å². The highest BCUT2D eigenvalue weighted by Crippen LogP contribution is 2.37. The highest BCUT2D eigenvalue weighted by atomic mass is 16.5. The van der Waals surface area contributed by atoms with Gasteiger partial charge in [0, 0.05) is 11.3 Å². The van der Waals surface area contributed by atoms with Gasteiger partial charge < -0.3 is 19.5 Å². The highest BCUT2D eigenvalue weighted by molar-refractivity contribution is 6.20. The zero-order valence-corrected chi connectivity index (χ0v) is 12.4. The maximum absolute atomic E-state index is 12.0. The third kappa shape index (κ3) is 2.56. The summed E-state index contributed by atoms with van der Waals surface area (Å²) < 4.78 is 14.8. The van der Waals surface area contributed by atoms with Crippen molar-refractivity contribution in [2.75, 3.05) is 26.6 Å². The molecule has 0 radical (unpaired) electrons. The monoisotopic (exact) mass is 291 g/mol. The van der Waals surface area contributed by atoms with Crippen LogP contribution < -0.4 is 10.1 Å². The van der Waals surface area contributed by atoms with E-state index in [9.17, 15) is 9.59 Å². The Hall–Kier alpha value is -2.50. The summed E-state index contributed by atoms with van der Waals surface area (Å²) >= 11 is 0. The summed E-state index contributed by atoms with van der Waals surface area (Å²) in [7, 11) is 4.13. The first-order valence-corrected chi connectivity index (χ1v) is 6.31. The molecule has 21 heavy (non-hydrogen) atoms. The van der Waals surface area contributed by atoms with Crippen molar-refractivity contribution in [1.82, 2.24) is 0 Å². The average Bonchev–Trinajstić information content (AvgIpc) is 2.51. The minimum Gasteiger partial charge on any atom is -0.497 e. The van der Waals surface area contributed by atoms with Crippen LogP contribution in [0.3, 0.4) is 0 Å². The number of hydrogen-bond acceptors (Lipinski definition) is 6. The Morgan fingerprint density at radius 2 is 1.86 bits per heavy atom. The molecular weight excluding hydrogens is 274 g/mol. The predicted molar refractivity (Wildman–Crippen MR) is 77.0 cm³/mol. The lowest BCUT2D eigenvalue weighted by Gasteiger charge is -2.32. The van der Waals surface area contributed by atoms with Crippen molar-refractivity contribution >= 4 is 23.2 Å². The fraction of sp³-hybridized carbons (Fsp3) is 0.333. The van der Waals surface area contributed by atoms with Crippen molar-refractivity contribution in [2.45, 2.75) is 12.5 Å². The van der Waals surface area contributed by atoms with Crippen LogP contribution in [0.15, 0.2) is 24.3 Å². The summed E-state index contributed by atoms with van der Waals surface area (Å²) in [5.41, 5.74) is 0.395. The largest absolute Gasteiger partial charge is 0.497 e. The molecule has 1 heterocycles. The minimum absolute atomic E-state index is 0.290. The lowest BCUT2D eigenvalue weighted by Crippen LogP contribution is -2.45. The van der Waals surface area contributed by atoms with Crippen LogP contribution in [-0.2, 0) is 19.1 Å². The van der Waals surface area contributed by atoms with Crippen LogP contribution in [-0.4, -0.2) is 38.8 Å². The zero-order chi connectivity index (χ0) is 15.6. The first kappa shape index (κ1) is 14.9. The molecule has 112 valence electrons. The first-order valence-electron chi connectivity index (χ1n) is 6.31. The molecule has 0 saturated heterocycles. The molecule has 0 aliphatic carbocycles. The molecule has 1 aliphatic heterocycles. The Kier molecular flexibility index (Phi) is 3.88. The first-order chi connectivity index (χ1) is 9.95. The second-order valence-corrected chi connectivity index (χ2v) is 4.78. The maximum atomic E-state index is 12.0. The standard InChI is InChI=1S/C15H17NO5/c1-15(14(18)21-4)8-11(13(17)20-3)10-7-9(19-2)5-6-12(10)16-15/h5-8,16H,1-4H3/t15-/m1/s1. The smallest absolute Gasteiger partial charge is 0.338 e. The molecule has 6 nitrogen and oxygen atoms in total.